The number of anilines is 2. The third kappa shape index (κ3) is 4.58. The molecule has 0 unspecified atom stereocenters. The van der Waals surface area contributed by atoms with E-state index in [1.807, 2.05) is 6.20 Å². The molecule has 2 fully saturated rings. The molecule has 1 aromatic rings. The van der Waals surface area contributed by atoms with Crippen LogP contribution in [-0.4, -0.2) is 109 Å². The van der Waals surface area contributed by atoms with Gasteiger partial charge in [0, 0.05) is 77.2 Å². The second-order valence-corrected chi connectivity index (χ2v) is 6.78. The second kappa shape index (κ2) is 8.75. The lowest BCUT2D eigenvalue weighted by Gasteiger charge is -2.37. The summed E-state index contributed by atoms with van der Waals surface area (Å²) >= 11 is 0. The fourth-order valence-electron chi connectivity index (χ4n) is 3.53. The van der Waals surface area contributed by atoms with Gasteiger partial charge in [-0.05, 0) is 6.92 Å². The fourth-order valence-corrected chi connectivity index (χ4v) is 3.53. The average molecular weight is 350 g/mol. The smallest absolute Gasteiger partial charge is 0.227 e. The molecule has 2 aliphatic heterocycles. The molecule has 3 rings (SSSR count). The lowest BCUT2D eigenvalue weighted by atomic mass is 10.2. The maximum absolute atomic E-state index is 9.08. The van der Waals surface area contributed by atoms with Crippen molar-refractivity contribution in [1.82, 2.24) is 19.8 Å². The van der Waals surface area contributed by atoms with Crippen LogP contribution in [0.4, 0.5) is 11.8 Å². The lowest BCUT2D eigenvalue weighted by molar-refractivity contribution is 0.188. The number of aryl methyl sites for hydroxylation is 1. The molecular weight excluding hydrogens is 320 g/mol. The highest BCUT2D eigenvalue weighted by Crippen LogP contribution is 2.22. The summed E-state index contributed by atoms with van der Waals surface area (Å²) in [4.78, 5) is 18.5. The second-order valence-electron chi connectivity index (χ2n) is 6.78. The summed E-state index contributed by atoms with van der Waals surface area (Å²) < 4.78 is 0. The molecule has 0 amide bonds. The Bertz CT molecular complexity index is 542. The zero-order chi connectivity index (χ0) is 17.6. The van der Waals surface area contributed by atoms with Gasteiger partial charge in [-0.1, -0.05) is 0 Å². The van der Waals surface area contributed by atoms with E-state index >= 15 is 0 Å². The van der Waals surface area contributed by atoms with Gasteiger partial charge in [0.15, 0.2) is 0 Å². The number of hydrogen-bond donors (Lipinski definition) is 2. The van der Waals surface area contributed by atoms with E-state index in [2.05, 4.69) is 31.5 Å². The number of piperazine rings is 2. The van der Waals surface area contributed by atoms with Crippen LogP contribution in [0.25, 0.3) is 0 Å². The Morgan fingerprint density at radius 2 is 1.36 bits per heavy atom. The normalized spacial score (nSPS) is 20.3. The first kappa shape index (κ1) is 18.3. The number of β-amino-alcohol motifs (C(OH)–C–C–N with tert-alkyl or cyclic N) is 2. The van der Waals surface area contributed by atoms with Crippen LogP contribution in [0.3, 0.4) is 0 Å². The number of aliphatic hydroxyl groups excluding tert-OH is 2. The van der Waals surface area contributed by atoms with Crippen molar-refractivity contribution >= 4 is 11.8 Å². The standard InChI is InChI=1S/C17H30N6O2/c1-15-14-18-17(23-8-4-21(5-9-23)11-13-25)19-16(15)22-6-2-20(3-7-22)10-12-24/h14,24-25H,2-13H2,1H3. The summed E-state index contributed by atoms with van der Waals surface area (Å²) in [6, 6.07) is 0. The van der Waals surface area contributed by atoms with Crippen LogP contribution >= 0.6 is 0 Å². The van der Waals surface area contributed by atoms with Gasteiger partial charge in [-0.2, -0.15) is 4.98 Å². The third-order valence-electron chi connectivity index (χ3n) is 5.09. The monoisotopic (exact) mass is 350 g/mol. The molecule has 140 valence electrons. The van der Waals surface area contributed by atoms with Crippen LogP contribution in [0.5, 0.6) is 0 Å². The summed E-state index contributed by atoms with van der Waals surface area (Å²) in [5.74, 6) is 1.84. The SMILES string of the molecule is Cc1cnc(N2CCN(CCO)CC2)nc1N1CCN(CCO)CC1. The number of nitrogens with zero attached hydrogens (tertiary/aromatic N) is 6. The first-order chi connectivity index (χ1) is 12.2. The summed E-state index contributed by atoms with van der Waals surface area (Å²) in [5, 5.41) is 18.1. The van der Waals surface area contributed by atoms with Gasteiger partial charge in [0.1, 0.15) is 5.82 Å². The topological polar surface area (TPSA) is 79.2 Å². The zero-order valence-corrected chi connectivity index (χ0v) is 15.1. The van der Waals surface area contributed by atoms with Crippen LogP contribution in [0.15, 0.2) is 6.20 Å². The molecule has 8 nitrogen and oxygen atoms in total. The molecule has 0 atom stereocenters. The van der Waals surface area contributed by atoms with Crippen LogP contribution in [0.2, 0.25) is 0 Å². The highest BCUT2D eigenvalue weighted by atomic mass is 16.3. The van der Waals surface area contributed by atoms with E-state index in [0.29, 0.717) is 0 Å². The van der Waals surface area contributed by atoms with Gasteiger partial charge < -0.3 is 20.0 Å². The Balaban J connectivity index is 1.63. The average Bonchev–Trinajstić information content (AvgIpc) is 2.64. The first-order valence-corrected chi connectivity index (χ1v) is 9.21. The van der Waals surface area contributed by atoms with Gasteiger partial charge in [-0.25, -0.2) is 4.98 Å². The van der Waals surface area contributed by atoms with Crippen molar-refractivity contribution in [3.63, 3.8) is 0 Å². The van der Waals surface area contributed by atoms with Crippen molar-refractivity contribution in [2.45, 2.75) is 6.92 Å². The van der Waals surface area contributed by atoms with E-state index in [-0.39, 0.29) is 13.2 Å². The maximum Gasteiger partial charge on any atom is 0.227 e. The van der Waals surface area contributed by atoms with Crippen LogP contribution in [-0.2, 0) is 0 Å². The van der Waals surface area contributed by atoms with Gasteiger partial charge in [0.25, 0.3) is 0 Å². The van der Waals surface area contributed by atoms with Crippen molar-refractivity contribution in [1.29, 1.82) is 0 Å². The highest BCUT2D eigenvalue weighted by Gasteiger charge is 2.22. The van der Waals surface area contributed by atoms with Crippen LogP contribution < -0.4 is 9.80 Å². The van der Waals surface area contributed by atoms with Crippen LogP contribution in [0.1, 0.15) is 5.56 Å². The number of aromatic nitrogens is 2. The quantitative estimate of drug-likeness (QED) is 0.677. The van der Waals surface area contributed by atoms with E-state index < -0.39 is 0 Å². The van der Waals surface area contributed by atoms with E-state index in [1.54, 1.807) is 0 Å². The van der Waals surface area contributed by atoms with E-state index in [9.17, 15) is 0 Å². The molecule has 2 saturated heterocycles. The van der Waals surface area contributed by atoms with Crippen LogP contribution in [0, 0.1) is 6.92 Å². The fraction of sp³-hybridized carbons (Fsp3) is 0.765. The molecule has 1 aromatic heterocycles. The van der Waals surface area contributed by atoms with Crippen molar-refractivity contribution in [3.8, 4) is 0 Å². The van der Waals surface area contributed by atoms with Crippen molar-refractivity contribution in [3.05, 3.63) is 11.8 Å². The Morgan fingerprint density at radius 1 is 0.840 bits per heavy atom. The summed E-state index contributed by atoms with van der Waals surface area (Å²) in [7, 11) is 0. The summed E-state index contributed by atoms with van der Waals surface area (Å²) in [6.45, 7) is 11.4. The third-order valence-corrected chi connectivity index (χ3v) is 5.09. The van der Waals surface area contributed by atoms with Gasteiger partial charge in [-0.15, -0.1) is 0 Å². The largest absolute Gasteiger partial charge is 0.395 e. The molecule has 3 heterocycles. The first-order valence-electron chi connectivity index (χ1n) is 9.21. The minimum atomic E-state index is 0.216. The Labute approximate surface area is 149 Å². The van der Waals surface area contributed by atoms with Gasteiger partial charge in [-0.3, -0.25) is 9.80 Å². The van der Waals surface area contributed by atoms with Crippen molar-refractivity contribution < 1.29 is 10.2 Å². The molecule has 2 N–H and O–H groups in total. The van der Waals surface area contributed by atoms with Gasteiger partial charge in [0.05, 0.1) is 13.2 Å². The maximum atomic E-state index is 9.08. The molecule has 25 heavy (non-hydrogen) atoms. The molecule has 8 heteroatoms. The van der Waals surface area contributed by atoms with E-state index in [1.165, 1.54) is 0 Å². The molecule has 2 aliphatic rings. The Morgan fingerprint density at radius 3 is 1.88 bits per heavy atom. The zero-order valence-electron chi connectivity index (χ0n) is 15.1. The lowest BCUT2D eigenvalue weighted by Crippen LogP contribution is -2.49. The molecule has 0 spiro atoms. The molecule has 0 radical (unpaired) electrons. The minimum absolute atomic E-state index is 0.216. The van der Waals surface area contributed by atoms with E-state index in [0.717, 1.165) is 82.8 Å². The van der Waals surface area contributed by atoms with E-state index in [4.69, 9.17) is 15.2 Å². The van der Waals surface area contributed by atoms with Gasteiger partial charge >= 0.3 is 0 Å². The van der Waals surface area contributed by atoms with Crippen molar-refractivity contribution in [2.75, 3.05) is 88.5 Å². The molecule has 0 bridgehead atoms. The number of rotatable bonds is 6. The predicted octanol–water partition coefficient (Wildman–Crippen LogP) is -0.986. The Kier molecular flexibility index (Phi) is 6.41. The summed E-state index contributed by atoms with van der Waals surface area (Å²) in [5.41, 5.74) is 1.11. The Hall–Kier alpha value is -1.48. The summed E-state index contributed by atoms with van der Waals surface area (Å²) in [6.07, 6.45) is 1.93. The highest BCUT2D eigenvalue weighted by molar-refractivity contribution is 5.50. The number of aliphatic hydroxyl groups is 2. The molecule has 0 aromatic carbocycles. The molecular formula is C17H30N6O2. The number of hydrogen-bond acceptors (Lipinski definition) is 8. The minimum Gasteiger partial charge on any atom is -0.395 e. The molecule has 0 saturated carbocycles. The van der Waals surface area contributed by atoms with Gasteiger partial charge in [0.2, 0.25) is 5.95 Å². The predicted molar refractivity (Wildman–Crippen MR) is 98.2 cm³/mol. The molecule has 0 aliphatic carbocycles. The van der Waals surface area contributed by atoms with Crippen molar-refractivity contribution in [2.24, 2.45) is 0 Å².